The first-order valence-corrected chi connectivity index (χ1v) is 8.27. The molecule has 4 rings (SSSR count). The quantitative estimate of drug-likeness (QED) is 0.678. The van der Waals surface area contributed by atoms with Crippen molar-refractivity contribution in [3.8, 4) is 0 Å². The number of oxazole rings is 1. The first-order valence-electron chi connectivity index (χ1n) is 7.47. The first kappa shape index (κ1) is 14.6. The minimum atomic E-state index is -0.415. The lowest BCUT2D eigenvalue weighted by molar-refractivity contribution is 0.405. The lowest BCUT2D eigenvalue weighted by Crippen LogP contribution is -2.34. The summed E-state index contributed by atoms with van der Waals surface area (Å²) < 4.78 is 19.8. The van der Waals surface area contributed by atoms with E-state index in [9.17, 15) is 4.39 Å². The van der Waals surface area contributed by atoms with Gasteiger partial charge in [-0.25, -0.2) is 19.3 Å². The number of rotatable bonds is 2. The van der Waals surface area contributed by atoms with Gasteiger partial charge in [-0.2, -0.15) is 0 Å². The van der Waals surface area contributed by atoms with E-state index >= 15 is 0 Å². The van der Waals surface area contributed by atoms with E-state index in [0.717, 1.165) is 47.4 Å². The molecule has 0 bridgehead atoms. The standard InChI is InChI=1S/C16H14BrFN4O/c17-11-1-2-14-13(7-11)21-15(23-14)10-3-5-22(6-4-10)16-19-8-12(18)9-20-16/h1-2,7-10H,3-6H2. The fourth-order valence-electron chi connectivity index (χ4n) is 2.89. The van der Waals surface area contributed by atoms with Crippen molar-refractivity contribution in [2.75, 3.05) is 18.0 Å². The smallest absolute Gasteiger partial charge is 0.225 e. The minimum Gasteiger partial charge on any atom is -0.440 e. The number of benzene rings is 1. The van der Waals surface area contributed by atoms with Crippen molar-refractivity contribution in [1.82, 2.24) is 15.0 Å². The van der Waals surface area contributed by atoms with Crippen LogP contribution in [0.4, 0.5) is 10.3 Å². The molecule has 0 atom stereocenters. The van der Waals surface area contributed by atoms with Crippen LogP contribution in [0.2, 0.25) is 0 Å². The van der Waals surface area contributed by atoms with Crippen LogP contribution < -0.4 is 4.90 Å². The Morgan fingerprint density at radius 2 is 1.91 bits per heavy atom. The molecule has 0 unspecified atom stereocenters. The highest BCUT2D eigenvalue weighted by Crippen LogP contribution is 2.31. The molecule has 1 fully saturated rings. The van der Waals surface area contributed by atoms with Crippen LogP contribution in [0.1, 0.15) is 24.7 Å². The topological polar surface area (TPSA) is 55.1 Å². The lowest BCUT2D eigenvalue weighted by atomic mass is 9.97. The molecule has 1 saturated heterocycles. The van der Waals surface area contributed by atoms with Crippen molar-refractivity contribution < 1.29 is 8.81 Å². The van der Waals surface area contributed by atoms with Gasteiger partial charge in [-0.05, 0) is 31.0 Å². The summed E-state index contributed by atoms with van der Waals surface area (Å²) in [6, 6.07) is 5.84. The van der Waals surface area contributed by atoms with Gasteiger partial charge in [-0.3, -0.25) is 0 Å². The van der Waals surface area contributed by atoms with Gasteiger partial charge < -0.3 is 9.32 Å². The number of fused-ring (bicyclic) bond motifs is 1. The summed E-state index contributed by atoms with van der Waals surface area (Å²) in [5.41, 5.74) is 1.69. The maximum Gasteiger partial charge on any atom is 0.225 e. The summed E-state index contributed by atoms with van der Waals surface area (Å²) in [7, 11) is 0. The molecule has 23 heavy (non-hydrogen) atoms. The Hall–Kier alpha value is -2.02. The number of hydrogen-bond donors (Lipinski definition) is 0. The Balaban J connectivity index is 1.48. The zero-order chi connectivity index (χ0) is 15.8. The zero-order valence-corrected chi connectivity index (χ0v) is 13.8. The molecule has 0 amide bonds. The molecule has 0 aliphatic carbocycles. The van der Waals surface area contributed by atoms with E-state index in [1.54, 1.807) is 0 Å². The van der Waals surface area contributed by atoms with E-state index in [2.05, 4.69) is 35.8 Å². The van der Waals surface area contributed by atoms with Gasteiger partial charge in [0.05, 0.1) is 12.4 Å². The van der Waals surface area contributed by atoms with Crippen LogP contribution in [0.15, 0.2) is 39.5 Å². The van der Waals surface area contributed by atoms with Gasteiger partial charge in [0.25, 0.3) is 0 Å². The van der Waals surface area contributed by atoms with Crippen molar-refractivity contribution in [2.24, 2.45) is 0 Å². The van der Waals surface area contributed by atoms with E-state index in [0.29, 0.717) is 5.95 Å². The summed E-state index contributed by atoms with van der Waals surface area (Å²) in [6.07, 6.45) is 4.23. The monoisotopic (exact) mass is 376 g/mol. The summed E-state index contributed by atoms with van der Waals surface area (Å²) in [4.78, 5) is 14.8. The Labute approximate surface area is 140 Å². The predicted octanol–water partition coefficient (Wildman–Crippen LogP) is 3.90. The molecule has 1 aliphatic rings. The summed E-state index contributed by atoms with van der Waals surface area (Å²) >= 11 is 3.45. The average molecular weight is 377 g/mol. The maximum absolute atomic E-state index is 12.9. The molecular weight excluding hydrogens is 363 g/mol. The molecule has 3 aromatic rings. The predicted molar refractivity (Wildman–Crippen MR) is 87.9 cm³/mol. The number of aromatic nitrogens is 3. The van der Waals surface area contributed by atoms with E-state index in [1.807, 2.05) is 18.2 Å². The lowest BCUT2D eigenvalue weighted by Gasteiger charge is -2.30. The number of halogens is 2. The second-order valence-electron chi connectivity index (χ2n) is 5.63. The molecule has 1 aliphatic heterocycles. The molecule has 0 saturated carbocycles. The second kappa shape index (κ2) is 5.88. The normalized spacial score (nSPS) is 16.2. The molecule has 0 N–H and O–H groups in total. The molecule has 0 spiro atoms. The number of piperidine rings is 1. The van der Waals surface area contributed by atoms with Crippen LogP contribution in [0, 0.1) is 5.82 Å². The SMILES string of the molecule is Fc1cnc(N2CCC(c3nc4cc(Br)ccc4o3)CC2)nc1. The number of hydrogen-bond acceptors (Lipinski definition) is 5. The number of anilines is 1. The molecule has 7 heteroatoms. The van der Waals surface area contributed by atoms with Crippen molar-refractivity contribution >= 4 is 33.0 Å². The van der Waals surface area contributed by atoms with Gasteiger partial charge in [0, 0.05) is 23.5 Å². The van der Waals surface area contributed by atoms with Gasteiger partial charge in [0.15, 0.2) is 17.3 Å². The van der Waals surface area contributed by atoms with E-state index < -0.39 is 5.82 Å². The maximum atomic E-state index is 12.9. The third-order valence-electron chi connectivity index (χ3n) is 4.10. The van der Waals surface area contributed by atoms with Crippen LogP contribution >= 0.6 is 15.9 Å². The Morgan fingerprint density at radius 1 is 1.17 bits per heavy atom. The molecule has 1 aromatic carbocycles. The van der Waals surface area contributed by atoms with Crippen LogP contribution in [-0.2, 0) is 0 Å². The van der Waals surface area contributed by atoms with E-state index in [1.165, 1.54) is 12.4 Å². The highest BCUT2D eigenvalue weighted by Gasteiger charge is 2.25. The van der Waals surface area contributed by atoms with Crippen molar-refractivity contribution in [2.45, 2.75) is 18.8 Å². The molecular formula is C16H14BrFN4O. The zero-order valence-electron chi connectivity index (χ0n) is 12.2. The van der Waals surface area contributed by atoms with Crippen LogP contribution in [-0.4, -0.2) is 28.0 Å². The third-order valence-corrected chi connectivity index (χ3v) is 4.59. The average Bonchev–Trinajstić information content (AvgIpc) is 2.99. The second-order valence-corrected chi connectivity index (χ2v) is 6.54. The van der Waals surface area contributed by atoms with Gasteiger partial charge >= 0.3 is 0 Å². The van der Waals surface area contributed by atoms with E-state index in [4.69, 9.17) is 4.42 Å². The Bertz CT molecular complexity index is 828. The number of nitrogens with zero attached hydrogens (tertiary/aromatic N) is 4. The fourth-order valence-corrected chi connectivity index (χ4v) is 3.24. The first-order chi connectivity index (χ1) is 11.2. The Morgan fingerprint density at radius 3 is 2.65 bits per heavy atom. The summed E-state index contributed by atoms with van der Waals surface area (Å²) in [5, 5.41) is 0. The van der Waals surface area contributed by atoms with E-state index in [-0.39, 0.29) is 5.92 Å². The highest BCUT2D eigenvalue weighted by atomic mass is 79.9. The largest absolute Gasteiger partial charge is 0.440 e. The third kappa shape index (κ3) is 2.93. The molecule has 0 radical (unpaired) electrons. The minimum absolute atomic E-state index is 0.290. The highest BCUT2D eigenvalue weighted by molar-refractivity contribution is 9.10. The van der Waals surface area contributed by atoms with Crippen molar-refractivity contribution in [1.29, 1.82) is 0 Å². The Kier molecular flexibility index (Phi) is 3.72. The van der Waals surface area contributed by atoms with Gasteiger partial charge in [0.2, 0.25) is 5.95 Å². The van der Waals surface area contributed by atoms with Gasteiger partial charge in [-0.1, -0.05) is 15.9 Å². The van der Waals surface area contributed by atoms with Gasteiger partial charge in [-0.15, -0.1) is 0 Å². The molecule has 118 valence electrons. The van der Waals surface area contributed by atoms with Crippen LogP contribution in [0.25, 0.3) is 11.1 Å². The summed E-state index contributed by atoms with van der Waals surface area (Å²) in [6.45, 7) is 1.61. The van der Waals surface area contributed by atoms with Crippen molar-refractivity contribution in [3.63, 3.8) is 0 Å². The summed E-state index contributed by atoms with van der Waals surface area (Å²) in [5.74, 6) is 1.24. The van der Waals surface area contributed by atoms with Gasteiger partial charge in [0.1, 0.15) is 5.52 Å². The molecule has 5 nitrogen and oxygen atoms in total. The molecule has 3 heterocycles. The fraction of sp³-hybridized carbons (Fsp3) is 0.312. The van der Waals surface area contributed by atoms with Crippen molar-refractivity contribution in [3.05, 3.63) is 46.8 Å². The van der Waals surface area contributed by atoms with Crippen LogP contribution in [0.3, 0.4) is 0 Å². The van der Waals surface area contributed by atoms with Crippen LogP contribution in [0.5, 0.6) is 0 Å². The molecule has 2 aromatic heterocycles.